The maximum absolute atomic E-state index is 9.58. The van der Waals surface area contributed by atoms with Crippen LogP contribution in [0.4, 0.5) is 0 Å². The van der Waals surface area contributed by atoms with E-state index >= 15 is 0 Å². The molecular formula is C7H9N3O2. The van der Waals surface area contributed by atoms with Gasteiger partial charge in [0.15, 0.2) is 11.9 Å². The first kappa shape index (κ1) is 7.30. The highest BCUT2D eigenvalue weighted by molar-refractivity contribution is 5.10. The Labute approximate surface area is 69.1 Å². The van der Waals surface area contributed by atoms with E-state index in [1.54, 1.807) is 0 Å². The van der Waals surface area contributed by atoms with Gasteiger partial charge in [-0.25, -0.2) is 4.98 Å². The molecule has 12 heavy (non-hydrogen) atoms. The van der Waals surface area contributed by atoms with Crippen LogP contribution in [0.1, 0.15) is 18.3 Å². The van der Waals surface area contributed by atoms with Gasteiger partial charge in [0.05, 0.1) is 6.61 Å². The molecule has 64 valence electrons. The van der Waals surface area contributed by atoms with Gasteiger partial charge in [-0.05, 0) is 6.08 Å². The van der Waals surface area contributed by atoms with Crippen LogP contribution < -0.4 is 0 Å². The minimum absolute atomic E-state index is 0.420. The SMILES string of the molecule is OC(C1=CCCO1)c1ncn[nH]1. The Morgan fingerprint density at radius 2 is 2.58 bits per heavy atom. The molecule has 0 aliphatic carbocycles. The molecule has 1 unspecified atom stereocenters. The molecular weight excluding hydrogens is 158 g/mol. The Hall–Kier alpha value is -1.36. The predicted octanol–water partition coefficient (Wildman–Crippen LogP) is 0.142. The van der Waals surface area contributed by atoms with Crippen molar-refractivity contribution in [1.82, 2.24) is 15.2 Å². The van der Waals surface area contributed by atoms with Crippen molar-refractivity contribution >= 4 is 0 Å². The fourth-order valence-corrected chi connectivity index (χ4v) is 1.11. The van der Waals surface area contributed by atoms with Crippen LogP contribution in [0.2, 0.25) is 0 Å². The average Bonchev–Trinajstić information content (AvgIpc) is 2.77. The van der Waals surface area contributed by atoms with Gasteiger partial charge in [0.1, 0.15) is 12.1 Å². The first-order valence-corrected chi connectivity index (χ1v) is 3.74. The molecule has 0 spiro atoms. The zero-order valence-corrected chi connectivity index (χ0v) is 6.40. The van der Waals surface area contributed by atoms with E-state index < -0.39 is 6.10 Å². The van der Waals surface area contributed by atoms with E-state index in [1.165, 1.54) is 6.33 Å². The number of nitrogens with zero attached hydrogens (tertiary/aromatic N) is 2. The van der Waals surface area contributed by atoms with Gasteiger partial charge in [-0.2, -0.15) is 5.10 Å². The summed E-state index contributed by atoms with van der Waals surface area (Å²) in [5.41, 5.74) is 0. The van der Waals surface area contributed by atoms with Gasteiger partial charge in [0.25, 0.3) is 0 Å². The maximum Gasteiger partial charge on any atom is 0.170 e. The minimum Gasteiger partial charge on any atom is -0.495 e. The third-order valence-corrected chi connectivity index (χ3v) is 1.69. The summed E-state index contributed by atoms with van der Waals surface area (Å²) in [7, 11) is 0. The number of aliphatic hydroxyl groups is 1. The van der Waals surface area contributed by atoms with Crippen LogP contribution in [0.15, 0.2) is 18.2 Å². The van der Waals surface area contributed by atoms with Crippen LogP contribution in [-0.2, 0) is 4.74 Å². The van der Waals surface area contributed by atoms with Crippen LogP contribution in [0.3, 0.4) is 0 Å². The zero-order valence-electron chi connectivity index (χ0n) is 6.40. The zero-order chi connectivity index (χ0) is 8.39. The van der Waals surface area contributed by atoms with Crippen LogP contribution in [0.5, 0.6) is 0 Å². The standard InChI is InChI=1S/C7H9N3O2/c11-6(5-2-1-3-12-5)7-8-4-9-10-7/h2,4,6,11H,1,3H2,(H,8,9,10). The minimum atomic E-state index is -0.796. The summed E-state index contributed by atoms with van der Waals surface area (Å²) in [6.45, 7) is 0.639. The number of aliphatic hydroxyl groups excluding tert-OH is 1. The molecule has 1 aliphatic heterocycles. The second-order valence-corrected chi connectivity index (χ2v) is 2.52. The Bertz CT molecular complexity index is 281. The van der Waals surface area contributed by atoms with Crippen molar-refractivity contribution in [3.63, 3.8) is 0 Å². The third kappa shape index (κ3) is 1.18. The van der Waals surface area contributed by atoms with Gasteiger partial charge in [-0.15, -0.1) is 0 Å². The summed E-state index contributed by atoms with van der Waals surface area (Å²) < 4.78 is 5.16. The topological polar surface area (TPSA) is 71.0 Å². The number of rotatable bonds is 2. The van der Waals surface area contributed by atoms with Gasteiger partial charge in [-0.3, -0.25) is 5.10 Å². The molecule has 2 N–H and O–H groups in total. The van der Waals surface area contributed by atoms with Crippen molar-refractivity contribution in [2.24, 2.45) is 0 Å². The van der Waals surface area contributed by atoms with Crippen LogP contribution >= 0.6 is 0 Å². The van der Waals surface area contributed by atoms with E-state index in [2.05, 4.69) is 15.2 Å². The van der Waals surface area contributed by atoms with E-state index in [4.69, 9.17) is 4.74 Å². The quantitative estimate of drug-likeness (QED) is 0.657. The number of aromatic amines is 1. The Balaban J connectivity index is 2.14. The molecule has 2 heterocycles. The molecule has 0 radical (unpaired) electrons. The Morgan fingerprint density at radius 3 is 3.17 bits per heavy atom. The molecule has 5 nitrogen and oxygen atoms in total. The van der Waals surface area contributed by atoms with E-state index in [9.17, 15) is 5.11 Å². The normalized spacial score (nSPS) is 18.6. The van der Waals surface area contributed by atoms with Crippen LogP contribution in [0, 0.1) is 0 Å². The van der Waals surface area contributed by atoms with Crippen molar-refractivity contribution in [1.29, 1.82) is 0 Å². The monoisotopic (exact) mass is 167 g/mol. The average molecular weight is 167 g/mol. The fourth-order valence-electron chi connectivity index (χ4n) is 1.11. The molecule has 1 aromatic rings. The lowest BCUT2D eigenvalue weighted by Crippen LogP contribution is -2.04. The molecule has 1 aromatic heterocycles. The van der Waals surface area contributed by atoms with Crippen LogP contribution in [0.25, 0.3) is 0 Å². The summed E-state index contributed by atoms with van der Waals surface area (Å²) in [5, 5.41) is 15.8. The highest BCUT2D eigenvalue weighted by Crippen LogP contribution is 2.22. The maximum atomic E-state index is 9.58. The molecule has 5 heteroatoms. The number of aromatic nitrogens is 3. The lowest BCUT2D eigenvalue weighted by Gasteiger charge is -2.07. The fraction of sp³-hybridized carbons (Fsp3) is 0.429. The van der Waals surface area contributed by atoms with Crippen molar-refractivity contribution < 1.29 is 9.84 Å². The summed E-state index contributed by atoms with van der Waals surface area (Å²) in [5.74, 6) is 0.981. The lowest BCUT2D eigenvalue weighted by molar-refractivity contribution is 0.113. The molecule has 0 amide bonds. The number of ether oxygens (including phenoxy) is 1. The highest BCUT2D eigenvalue weighted by atomic mass is 16.5. The van der Waals surface area contributed by atoms with E-state index in [0.717, 1.165) is 6.42 Å². The van der Waals surface area contributed by atoms with E-state index in [0.29, 0.717) is 18.2 Å². The van der Waals surface area contributed by atoms with Gasteiger partial charge in [0, 0.05) is 6.42 Å². The highest BCUT2D eigenvalue weighted by Gasteiger charge is 2.19. The summed E-state index contributed by atoms with van der Waals surface area (Å²) >= 11 is 0. The number of hydrogen-bond donors (Lipinski definition) is 2. The third-order valence-electron chi connectivity index (χ3n) is 1.69. The second-order valence-electron chi connectivity index (χ2n) is 2.52. The van der Waals surface area contributed by atoms with Gasteiger partial charge in [0.2, 0.25) is 0 Å². The predicted molar refractivity (Wildman–Crippen MR) is 40.0 cm³/mol. The van der Waals surface area contributed by atoms with Gasteiger partial charge in [-0.1, -0.05) is 0 Å². The number of H-pyrrole nitrogens is 1. The summed E-state index contributed by atoms with van der Waals surface area (Å²) in [6, 6.07) is 0. The van der Waals surface area contributed by atoms with E-state index in [-0.39, 0.29) is 0 Å². The number of hydrogen-bond acceptors (Lipinski definition) is 4. The van der Waals surface area contributed by atoms with Gasteiger partial charge < -0.3 is 9.84 Å². The van der Waals surface area contributed by atoms with Gasteiger partial charge >= 0.3 is 0 Å². The smallest absolute Gasteiger partial charge is 0.170 e. The molecule has 1 aliphatic rings. The molecule has 2 rings (SSSR count). The molecule has 0 saturated heterocycles. The van der Waals surface area contributed by atoms with Crippen molar-refractivity contribution in [2.75, 3.05) is 6.61 Å². The molecule has 0 aromatic carbocycles. The first-order valence-electron chi connectivity index (χ1n) is 3.74. The molecule has 0 fully saturated rings. The largest absolute Gasteiger partial charge is 0.495 e. The molecule has 1 atom stereocenters. The first-order chi connectivity index (χ1) is 5.88. The Kier molecular flexibility index (Phi) is 1.79. The summed E-state index contributed by atoms with van der Waals surface area (Å²) in [6.07, 6.45) is 3.26. The van der Waals surface area contributed by atoms with Crippen molar-refractivity contribution in [3.8, 4) is 0 Å². The number of nitrogens with one attached hydrogen (secondary N) is 1. The van der Waals surface area contributed by atoms with Crippen molar-refractivity contribution in [2.45, 2.75) is 12.5 Å². The molecule has 0 saturated carbocycles. The van der Waals surface area contributed by atoms with E-state index in [1.807, 2.05) is 6.08 Å². The lowest BCUT2D eigenvalue weighted by atomic mass is 10.2. The van der Waals surface area contributed by atoms with Crippen LogP contribution in [-0.4, -0.2) is 26.9 Å². The molecule has 0 bridgehead atoms. The summed E-state index contributed by atoms with van der Waals surface area (Å²) in [4.78, 5) is 3.82. The second kappa shape index (κ2) is 2.94. The Morgan fingerprint density at radius 1 is 1.67 bits per heavy atom. The van der Waals surface area contributed by atoms with Crippen molar-refractivity contribution in [3.05, 3.63) is 24.0 Å².